The number of aromatic nitrogens is 2. The van der Waals surface area contributed by atoms with Crippen molar-refractivity contribution in [3.05, 3.63) is 53.9 Å². The molecule has 2 aliphatic heterocycles. The topological polar surface area (TPSA) is 126 Å². The standard InChI is InChI=1S/C22H20N6O4/c1-28-11-16(25-22(29)24-15-4-2-3-13(7-15)10-23)9-17(28)21-26-20(27-32-21)14-5-6-18-19(8-14)31-12-30-18/h2-8,16-17H,9,11-12H2,1H3,(H2,24,25,29). The predicted molar refractivity (Wildman–Crippen MR) is 113 cm³/mol. The minimum Gasteiger partial charge on any atom is -0.454 e. The molecule has 2 unspecified atom stereocenters. The van der Waals surface area contributed by atoms with Crippen molar-refractivity contribution in [3.8, 4) is 29.0 Å². The van der Waals surface area contributed by atoms with Crippen molar-refractivity contribution < 1.29 is 18.8 Å². The highest BCUT2D eigenvalue weighted by Gasteiger charge is 2.35. The number of amides is 2. The highest BCUT2D eigenvalue weighted by molar-refractivity contribution is 5.89. The van der Waals surface area contributed by atoms with Gasteiger partial charge in [0.1, 0.15) is 0 Å². The molecule has 0 aliphatic carbocycles. The molecule has 2 atom stereocenters. The number of carbonyl (C=O) groups is 1. The second-order valence-electron chi connectivity index (χ2n) is 7.70. The van der Waals surface area contributed by atoms with E-state index in [1.807, 2.05) is 25.2 Å². The molecule has 1 saturated heterocycles. The molecule has 5 rings (SSSR count). The highest BCUT2D eigenvalue weighted by Crippen LogP contribution is 2.36. The number of anilines is 1. The lowest BCUT2D eigenvalue weighted by Gasteiger charge is -2.14. The molecule has 2 N–H and O–H groups in total. The van der Waals surface area contributed by atoms with Gasteiger partial charge in [0.05, 0.1) is 17.7 Å². The maximum Gasteiger partial charge on any atom is 0.319 e. The summed E-state index contributed by atoms with van der Waals surface area (Å²) in [4.78, 5) is 19.0. The van der Waals surface area contributed by atoms with Crippen LogP contribution >= 0.6 is 0 Å². The first-order chi connectivity index (χ1) is 15.6. The summed E-state index contributed by atoms with van der Waals surface area (Å²) in [6, 6.07) is 13.8. The van der Waals surface area contributed by atoms with Crippen LogP contribution in [0.25, 0.3) is 11.4 Å². The van der Waals surface area contributed by atoms with Gasteiger partial charge in [-0.3, -0.25) is 4.90 Å². The van der Waals surface area contributed by atoms with Gasteiger partial charge in [0.25, 0.3) is 0 Å². The Morgan fingerprint density at radius 2 is 2.09 bits per heavy atom. The Labute approximate surface area is 183 Å². The number of nitrogens with one attached hydrogen (secondary N) is 2. The third kappa shape index (κ3) is 3.93. The molecule has 10 nitrogen and oxygen atoms in total. The van der Waals surface area contributed by atoms with Crippen LogP contribution < -0.4 is 20.1 Å². The van der Waals surface area contributed by atoms with Crippen LogP contribution in [0.3, 0.4) is 0 Å². The summed E-state index contributed by atoms with van der Waals surface area (Å²) in [5.41, 5.74) is 1.83. The summed E-state index contributed by atoms with van der Waals surface area (Å²) in [6.07, 6.45) is 0.630. The first-order valence-corrected chi connectivity index (χ1v) is 10.1. The fraction of sp³-hybridized carbons (Fsp3) is 0.273. The quantitative estimate of drug-likeness (QED) is 0.645. The summed E-state index contributed by atoms with van der Waals surface area (Å²) in [5, 5.41) is 18.8. The van der Waals surface area contributed by atoms with Crippen LogP contribution in [0.2, 0.25) is 0 Å². The van der Waals surface area contributed by atoms with Gasteiger partial charge in [-0.15, -0.1) is 0 Å². The van der Waals surface area contributed by atoms with Gasteiger partial charge in [-0.25, -0.2) is 4.79 Å². The number of hydrogen-bond acceptors (Lipinski definition) is 8. The van der Waals surface area contributed by atoms with Crippen molar-refractivity contribution in [1.29, 1.82) is 5.26 Å². The number of fused-ring (bicyclic) bond motifs is 1. The van der Waals surface area contributed by atoms with Gasteiger partial charge in [0.2, 0.25) is 18.5 Å². The molecule has 0 spiro atoms. The van der Waals surface area contributed by atoms with Crippen molar-refractivity contribution in [2.45, 2.75) is 18.5 Å². The molecule has 162 valence electrons. The van der Waals surface area contributed by atoms with E-state index in [2.05, 4.69) is 31.7 Å². The summed E-state index contributed by atoms with van der Waals surface area (Å²) in [5.74, 6) is 2.31. The number of nitrogens with zero attached hydrogens (tertiary/aromatic N) is 4. The number of nitriles is 1. The molecule has 3 aromatic rings. The number of benzene rings is 2. The molecule has 2 aliphatic rings. The van der Waals surface area contributed by atoms with Crippen LogP contribution in [0.4, 0.5) is 10.5 Å². The number of carbonyl (C=O) groups excluding carboxylic acids is 1. The van der Waals surface area contributed by atoms with E-state index >= 15 is 0 Å². The van der Waals surface area contributed by atoms with Gasteiger partial charge in [-0.2, -0.15) is 10.2 Å². The van der Waals surface area contributed by atoms with E-state index in [0.717, 1.165) is 5.56 Å². The van der Waals surface area contributed by atoms with Gasteiger partial charge in [0, 0.05) is 23.8 Å². The third-order valence-electron chi connectivity index (χ3n) is 5.49. The Hall–Kier alpha value is -4.10. The predicted octanol–water partition coefficient (Wildman–Crippen LogP) is 2.90. The number of likely N-dealkylation sites (N-methyl/N-ethyl adjacent to an activating group) is 1. The first-order valence-electron chi connectivity index (χ1n) is 10.1. The lowest BCUT2D eigenvalue weighted by molar-refractivity contribution is 0.174. The second kappa shape index (κ2) is 8.20. The maximum absolute atomic E-state index is 12.4. The van der Waals surface area contributed by atoms with Gasteiger partial charge in [-0.1, -0.05) is 11.2 Å². The van der Waals surface area contributed by atoms with E-state index in [1.54, 1.807) is 24.3 Å². The van der Waals surface area contributed by atoms with E-state index in [9.17, 15) is 4.79 Å². The fourth-order valence-corrected chi connectivity index (χ4v) is 3.94. The van der Waals surface area contributed by atoms with E-state index in [0.29, 0.717) is 47.4 Å². The first kappa shape index (κ1) is 19.8. The largest absolute Gasteiger partial charge is 0.454 e. The number of hydrogen-bond donors (Lipinski definition) is 2. The molecular weight excluding hydrogens is 412 g/mol. The minimum atomic E-state index is -0.328. The number of ether oxygens (including phenoxy) is 2. The van der Waals surface area contributed by atoms with Crippen molar-refractivity contribution in [2.75, 3.05) is 25.7 Å². The molecule has 2 amide bonds. The van der Waals surface area contributed by atoms with Crippen LogP contribution in [-0.2, 0) is 0 Å². The minimum absolute atomic E-state index is 0.0926. The van der Waals surface area contributed by atoms with E-state index in [1.165, 1.54) is 0 Å². The number of urea groups is 1. The summed E-state index contributed by atoms with van der Waals surface area (Å²) in [7, 11) is 1.95. The van der Waals surface area contributed by atoms with E-state index in [4.69, 9.17) is 19.3 Å². The molecule has 32 heavy (non-hydrogen) atoms. The Balaban J connectivity index is 1.23. The normalized spacial score (nSPS) is 19.5. The van der Waals surface area contributed by atoms with E-state index in [-0.39, 0.29) is 24.9 Å². The maximum atomic E-state index is 12.4. The van der Waals surface area contributed by atoms with Crippen LogP contribution in [-0.4, -0.2) is 47.5 Å². The highest BCUT2D eigenvalue weighted by atomic mass is 16.7. The molecule has 0 saturated carbocycles. The third-order valence-corrected chi connectivity index (χ3v) is 5.49. The molecule has 3 heterocycles. The van der Waals surface area contributed by atoms with Crippen LogP contribution in [0.15, 0.2) is 47.0 Å². The summed E-state index contributed by atoms with van der Waals surface area (Å²) >= 11 is 0. The number of likely N-dealkylation sites (tertiary alicyclic amines) is 1. The fourth-order valence-electron chi connectivity index (χ4n) is 3.94. The Morgan fingerprint density at radius 1 is 1.22 bits per heavy atom. The van der Waals surface area contributed by atoms with Gasteiger partial charge < -0.3 is 24.6 Å². The lowest BCUT2D eigenvalue weighted by Crippen LogP contribution is -2.39. The second-order valence-corrected chi connectivity index (χ2v) is 7.70. The summed E-state index contributed by atoms with van der Waals surface area (Å²) in [6.45, 7) is 0.840. The molecule has 0 bridgehead atoms. The zero-order valence-corrected chi connectivity index (χ0v) is 17.2. The van der Waals surface area contributed by atoms with Gasteiger partial charge in [-0.05, 0) is 49.9 Å². The average molecular weight is 432 g/mol. The monoisotopic (exact) mass is 432 g/mol. The van der Waals surface area contributed by atoms with Gasteiger partial charge in [0.15, 0.2) is 11.5 Å². The zero-order valence-electron chi connectivity index (χ0n) is 17.2. The molecule has 2 aromatic carbocycles. The zero-order chi connectivity index (χ0) is 22.1. The van der Waals surface area contributed by atoms with Crippen molar-refractivity contribution >= 4 is 11.7 Å². The van der Waals surface area contributed by atoms with Crippen molar-refractivity contribution in [2.24, 2.45) is 0 Å². The number of rotatable bonds is 4. The van der Waals surface area contributed by atoms with Crippen molar-refractivity contribution in [1.82, 2.24) is 20.4 Å². The molecular formula is C22H20N6O4. The summed E-state index contributed by atoms with van der Waals surface area (Å²) < 4.78 is 16.3. The van der Waals surface area contributed by atoms with Crippen LogP contribution in [0.1, 0.15) is 23.9 Å². The van der Waals surface area contributed by atoms with E-state index < -0.39 is 0 Å². The SMILES string of the molecule is CN1CC(NC(=O)Nc2cccc(C#N)c2)CC1c1nc(-c2ccc3c(c2)OCO3)no1. The Kier molecular flexibility index (Phi) is 5.09. The lowest BCUT2D eigenvalue weighted by atomic mass is 10.1. The van der Waals surface area contributed by atoms with Crippen LogP contribution in [0, 0.1) is 11.3 Å². The Morgan fingerprint density at radius 3 is 2.97 bits per heavy atom. The molecule has 1 fully saturated rings. The van der Waals surface area contributed by atoms with Crippen molar-refractivity contribution in [3.63, 3.8) is 0 Å². The molecule has 1 aromatic heterocycles. The Bertz CT molecular complexity index is 1200. The molecule has 10 heteroatoms. The smallest absolute Gasteiger partial charge is 0.319 e. The van der Waals surface area contributed by atoms with Crippen LogP contribution in [0.5, 0.6) is 11.5 Å². The molecule has 0 radical (unpaired) electrons. The van der Waals surface area contributed by atoms with Gasteiger partial charge >= 0.3 is 6.03 Å². The average Bonchev–Trinajstić information content (AvgIpc) is 3.52.